The van der Waals surface area contributed by atoms with Gasteiger partial charge in [0.05, 0.1) is 0 Å². The van der Waals surface area contributed by atoms with Crippen LogP contribution in [-0.2, 0) is 9.59 Å². The summed E-state index contributed by atoms with van der Waals surface area (Å²) < 4.78 is 0. The molecule has 0 spiro atoms. The third kappa shape index (κ3) is 1.44. The van der Waals surface area contributed by atoms with Crippen LogP contribution in [0.1, 0.15) is 13.8 Å². The number of urea groups is 1. The molecule has 5 heteroatoms. The summed E-state index contributed by atoms with van der Waals surface area (Å²) in [4.78, 5) is 32.5. The molecule has 0 aromatic carbocycles. The second kappa shape index (κ2) is 2.92. The quantitative estimate of drug-likeness (QED) is 0.570. The highest BCUT2D eigenvalue weighted by atomic mass is 16.2. The van der Waals surface area contributed by atoms with E-state index in [1.807, 2.05) is 0 Å². The first kappa shape index (κ1) is 8.70. The van der Waals surface area contributed by atoms with Crippen molar-refractivity contribution < 1.29 is 14.4 Å². The standard InChI is InChI=1S/C7H10N2O3/c1-3(10)5-6(4(2)11)9-7(12)8-5/h5-6H,1-2H3,(H2,8,9,12). The molecule has 2 unspecified atom stereocenters. The lowest BCUT2D eigenvalue weighted by molar-refractivity contribution is -0.124. The number of carbonyl (C=O) groups excluding carboxylic acids is 3. The summed E-state index contributed by atoms with van der Waals surface area (Å²) >= 11 is 0. The van der Waals surface area contributed by atoms with Crippen molar-refractivity contribution in [1.29, 1.82) is 0 Å². The monoisotopic (exact) mass is 170 g/mol. The number of rotatable bonds is 2. The molecule has 0 aromatic rings. The maximum atomic E-state index is 10.9. The highest BCUT2D eigenvalue weighted by molar-refractivity contribution is 6.00. The van der Waals surface area contributed by atoms with Crippen LogP contribution < -0.4 is 10.6 Å². The van der Waals surface area contributed by atoms with Gasteiger partial charge in [-0.2, -0.15) is 0 Å². The second-order valence-electron chi connectivity index (χ2n) is 2.79. The van der Waals surface area contributed by atoms with E-state index in [0.717, 1.165) is 0 Å². The Morgan fingerprint density at radius 1 is 1.08 bits per heavy atom. The van der Waals surface area contributed by atoms with Gasteiger partial charge in [0, 0.05) is 0 Å². The van der Waals surface area contributed by atoms with Crippen molar-refractivity contribution in [1.82, 2.24) is 10.6 Å². The first-order valence-corrected chi connectivity index (χ1v) is 3.60. The van der Waals surface area contributed by atoms with E-state index >= 15 is 0 Å². The molecule has 66 valence electrons. The third-order valence-electron chi connectivity index (χ3n) is 1.78. The average Bonchev–Trinajstić information content (AvgIpc) is 2.31. The van der Waals surface area contributed by atoms with E-state index in [0.29, 0.717) is 0 Å². The van der Waals surface area contributed by atoms with Crippen LogP contribution in [0.2, 0.25) is 0 Å². The van der Waals surface area contributed by atoms with Gasteiger partial charge in [0.1, 0.15) is 12.1 Å². The molecule has 1 saturated heterocycles. The molecule has 2 N–H and O–H groups in total. The Labute approximate surface area is 69.5 Å². The van der Waals surface area contributed by atoms with Crippen LogP contribution in [0.3, 0.4) is 0 Å². The van der Waals surface area contributed by atoms with Gasteiger partial charge < -0.3 is 10.6 Å². The van der Waals surface area contributed by atoms with Gasteiger partial charge in [0.2, 0.25) is 0 Å². The Bertz CT molecular complexity index is 225. The lowest BCUT2D eigenvalue weighted by atomic mass is 10.0. The van der Waals surface area contributed by atoms with E-state index in [2.05, 4.69) is 10.6 Å². The summed E-state index contributed by atoms with van der Waals surface area (Å²) in [6, 6.07) is -1.86. The van der Waals surface area contributed by atoms with E-state index in [1.165, 1.54) is 13.8 Å². The lowest BCUT2D eigenvalue weighted by Crippen LogP contribution is -2.43. The van der Waals surface area contributed by atoms with Gasteiger partial charge in [-0.3, -0.25) is 9.59 Å². The number of carbonyl (C=O) groups is 3. The Balaban J connectivity index is 2.79. The van der Waals surface area contributed by atoms with Gasteiger partial charge in [0.15, 0.2) is 11.6 Å². The van der Waals surface area contributed by atoms with Crippen molar-refractivity contribution in [3.63, 3.8) is 0 Å². The van der Waals surface area contributed by atoms with Gasteiger partial charge in [-0.1, -0.05) is 0 Å². The van der Waals surface area contributed by atoms with Gasteiger partial charge in [-0.05, 0) is 13.8 Å². The normalized spacial score (nSPS) is 27.7. The largest absolute Gasteiger partial charge is 0.326 e. The molecule has 5 nitrogen and oxygen atoms in total. The smallest absolute Gasteiger partial charge is 0.316 e. The van der Waals surface area contributed by atoms with Crippen molar-refractivity contribution >= 4 is 17.6 Å². The predicted molar refractivity (Wildman–Crippen MR) is 40.6 cm³/mol. The molecule has 0 saturated carbocycles. The van der Waals surface area contributed by atoms with E-state index in [-0.39, 0.29) is 11.6 Å². The van der Waals surface area contributed by atoms with E-state index in [1.54, 1.807) is 0 Å². The van der Waals surface area contributed by atoms with Crippen LogP contribution in [0.4, 0.5) is 4.79 Å². The summed E-state index contributed by atoms with van der Waals surface area (Å²) in [6.07, 6.45) is 0. The van der Waals surface area contributed by atoms with Crippen molar-refractivity contribution in [3.05, 3.63) is 0 Å². The van der Waals surface area contributed by atoms with E-state index in [4.69, 9.17) is 0 Å². The first-order chi connectivity index (χ1) is 5.52. The Morgan fingerprint density at radius 2 is 1.42 bits per heavy atom. The fourth-order valence-corrected chi connectivity index (χ4v) is 1.16. The number of Topliss-reactive ketones (excluding diaryl/α,β-unsaturated/α-hetero) is 2. The summed E-state index contributed by atoms with van der Waals surface area (Å²) in [6.45, 7) is 2.68. The zero-order valence-electron chi connectivity index (χ0n) is 6.88. The number of hydrogen-bond donors (Lipinski definition) is 2. The maximum absolute atomic E-state index is 10.9. The second-order valence-corrected chi connectivity index (χ2v) is 2.79. The van der Waals surface area contributed by atoms with Crippen LogP contribution in [0.5, 0.6) is 0 Å². The fourth-order valence-electron chi connectivity index (χ4n) is 1.16. The molecule has 1 aliphatic heterocycles. The molecule has 0 aliphatic carbocycles. The summed E-state index contributed by atoms with van der Waals surface area (Å²) in [5.41, 5.74) is 0. The number of amides is 2. The molecule has 0 bridgehead atoms. The summed E-state index contributed by atoms with van der Waals surface area (Å²) in [5, 5.41) is 4.73. The Hall–Kier alpha value is -1.39. The molecule has 0 aromatic heterocycles. The first-order valence-electron chi connectivity index (χ1n) is 3.60. The Morgan fingerprint density at radius 3 is 1.67 bits per heavy atom. The minimum atomic E-state index is -0.699. The van der Waals surface area contributed by atoms with Gasteiger partial charge in [-0.15, -0.1) is 0 Å². The number of ketones is 2. The number of hydrogen-bond acceptors (Lipinski definition) is 3. The molecule has 1 heterocycles. The van der Waals surface area contributed by atoms with E-state index in [9.17, 15) is 14.4 Å². The van der Waals surface area contributed by atoms with E-state index < -0.39 is 18.1 Å². The zero-order valence-corrected chi connectivity index (χ0v) is 6.88. The lowest BCUT2D eigenvalue weighted by Gasteiger charge is -2.11. The zero-order chi connectivity index (χ0) is 9.30. The predicted octanol–water partition coefficient (Wildman–Crippen LogP) is -0.786. The minimum absolute atomic E-state index is 0.214. The molecule has 1 rings (SSSR count). The fraction of sp³-hybridized carbons (Fsp3) is 0.571. The van der Waals surface area contributed by atoms with Crippen molar-refractivity contribution in [2.24, 2.45) is 0 Å². The Kier molecular flexibility index (Phi) is 2.12. The molecule has 0 radical (unpaired) electrons. The highest BCUT2D eigenvalue weighted by Gasteiger charge is 2.37. The molecule has 1 aliphatic rings. The van der Waals surface area contributed by atoms with Crippen molar-refractivity contribution in [2.45, 2.75) is 25.9 Å². The van der Waals surface area contributed by atoms with Crippen LogP contribution in [0, 0.1) is 0 Å². The highest BCUT2D eigenvalue weighted by Crippen LogP contribution is 2.03. The van der Waals surface area contributed by atoms with Crippen LogP contribution in [0.15, 0.2) is 0 Å². The van der Waals surface area contributed by atoms with Crippen LogP contribution in [0.25, 0.3) is 0 Å². The summed E-state index contributed by atoms with van der Waals surface area (Å²) in [7, 11) is 0. The molecule has 1 fully saturated rings. The maximum Gasteiger partial charge on any atom is 0.316 e. The molecule has 2 atom stereocenters. The van der Waals surface area contributed by atoms with Gasteiger partial charge in [-0.25, -0.2) is 4.79 Å². The van der Waals surface area contributed by atoms with Crippen LogP contribution >= 0.6 is 0 Å². The van der Waals surface area contributed by atoms with Gasteiger partial charge in [0.25, 0.3) is 0 Å². The summed E-state index contributed by atoms with van der Waals surface area (Å²) in [5.74, 6) is -0.429. The average molecular weight is 170 g/mol. The van der Waals surface area contributed by atoms with Crippen molar-refractivity contribution in [3.8, 4) is 0 Å². The van der Waals surface area contributed by atoms with Crippen molar-refractivity contribution in [2.75, 3.05) is 0 Å². The van der Waals surface area contributed by atoms with Gasteiger partial charge >= 0.3 is 6.03 Å². The number of nitrogens with one attached hydrogen (secondary N) is 2. The SMILES string of the molecule is CC(=O)C1NC(=O)NC1C(C)=O. The molecule has 2 amide bonds. The minimum Gasteiger partial charge on any atom is -0.326 e. The molecule has 12 heavy (non-hydrogen) atoms. The van der Waals surface area contributed by atoms with Crippen LogP contribution in [-0.4, -0.2) is 29.7 Å². The molecular formula is C7H10N2O3. The third-order valence-corrected chi connectivity index (χ3v) is 1.78. The molecular weight excluding hydrogens is 160 g/mol. The topological polar surface area (TPSA) is 75.3 Å².